The van der Waals surface area contributed by atoms with Gasteiger partial charge in [0.1, 0.15) is 0 Å². The number of amides is 2. The lowest BCUT2D eigenvalue weighted by Crippen LogP contribution is -2.35. The van der Waals surface area contributed by atoms with Gasteiger partial charge in [0.05, 0.1) is 18.4 Å². The van der Waals surface area contributed by atoms with Gasteiger partial charge in [0.15, 0.2) is 0 Å². The topological polar surface area (TPSA) is 37.4 Å². The number of carbonyl (C=O) groups excluding carboxylic acids is 2. The summed E-state index contributed by atoms with van der Waals surface area (Å²) in [7, 11) is 0. The van der Waals surface area contributed by atoms with Gasteiger partial charge in [-0.2, -0.15) is 13.5 Å². The molecule has 0 spiro atoms. The molecule has 2 amide bonds. The number of likely N-dealkylation sites (tertiary alicyclic amines) is 1. The monoisotopic (exact) mass is 279 g/mol. The third-order valence-electron chi connectivity index (χ3n) is 4.08. The van der Waals surface area contributed by atoms with Crippen LogP contribution in [0.3, 0.4) is 0 Å². The van der Waals surface area contributed by atoms with Crippen LogP contribution in [-0.2, 0) is 16.1 Å². The van der Waals surface area contributed by atoms with E-state index in [1.807, 2.05) is 44.2 Å². The fourth-order valence-electron chi connectivity index (χ4n) is 2.93. The van der Waals surface area contributed by atoms with E-state index in [9.17, 15) is 9.59 Å². The molecule has 3 nitrogen and oxygen atoms in total. The second-order valence-corrected chi connectivity index (χ2v) is 5.52. The van der Waals surface area contributed by atoms with Gasteiger partial charge in [0, 0.05) is 0 Å². The van der Waals surface area contributed by atoms with Crippen molar-refractivity contribution in [1.29, 1.82) is 0 Å². The summed E-state index contributed by atoms with van der Waals surface area (Å²) in [6.07, 6.45) is 0. The van der Waals surface area contributed by atoms with E-state index in [0.29, 0.717) is 6.54 Å². The Morgan fingerprint density at radius 2 is 1.53 bits per heavy atom. The molecule has 1 aliphatic heterocycles. The van der Waals surface area contributed by atoms with Crippen molar-refractivity contribution in [1.82, 2.24) is 4.90 Å². The predicted octanol–water partition coefficient (Wildman–Crippen LogP) is 2.58. The van der Waals surface area contributed by atoms with Gasteiger partial charge in [-0.3, -0.25) is 14.5 Å². The minimum atomic E-state index is -0.110. The molecule has 19 heavy (non-hydrogen) atoms. The standard InChI is InChI=1S/C14H15NO2.CH4.H2S/c1-14(2)10-11(14)13(17)15(12(10)16)8-9-6-4-3-5-7-9;;/h3-7,10-11H,8H2,1-2H3;1H4;1H2/t10-,11+;;. The molecule has 1 aromatic carbocycles. The average molecular weight is 279 g/mol. The molecule has 1 heterocycles. The normalized spacial score (nSPS) is 26.3. The molecule has 2 atom stereocenters. The Balaban J connectivity index is 0.000000902. The third-order valence-corrected chi connectivity index (χ3v) is 4.08. The first-order valence-corrected chi connectivity index (χ1v) is 5.92. The maximum atomic E-state index is 12.1. The fraction of sp³-hybridized carbons (Fsp3) is 0.467. The summed E-state index contributed by atoms with van der Waals surface area (Å²) in [6, 6.07) is 9.65. The molecule has 0 aromatic heterocycles. The first-order valence-electron chi connectivity index (χ1n) is 5.92. The molecule has 1 saturated carbocycles. The molecular weight excluding hydrogens is 258 g/mol. The average Bonchev–Trinajstić information content (AvgIpc) is 2.78. The van der Waals surface area contributed by atoms with E-state index in [0.717, 1.165) is 5.56 Å². The van der Waals surface area contributed by atoms with Crippen LogP contribution in [0.2, 0.25) is 0 Å². The number of nitrogens with zero attached hydrogens (tertiary/aromatic N) is 1. The van der Waals surface area contributed by atoms with Crippen molar-refractivity contribution in [2.75, 3.05) is 0 Å². The first kappa shape index (κ1) is 15.8. The lowest BCUT2D eigenvalue weighted by atomic mass is 10.1. The van der Waals surface area contributed by atoms with Crippen LogP contribution in [0, 0.1) is 17.3 Å². The highest BCUT2D eigenvalue weighted by Gasteiger charge is 2.72. The van der Waals surface area contributed by atoms with Crippen LogP contribution in [0.4, 0.5) is 0 Å². The van der Waals surface area contributed by atoms with Gasteiger partial charge >= 0.3 is 0 Å². The van der Waals surface area contributed by atoms with E-state index in [1.165, 1.54) is 4.90 Å². The summed E-state index contributed by atoms with van der Waals surface area (Å²) >= 11 is 0. The van der Waals surface area contributed by atoms with E-state index in [4.69, 9.17) is 0 Å². The summed E-state index contributed by atoms with van der Waals surface area (Å²) in [5.74, 6) is -0.125. The molecule has 2 aliphatic rings. The number of hydrogen-bond donors (Lipinski definition) is 0. The SMILES string of the molecule is C.CC1(C)[C@@H]2C(=O)N(Cc3ccccc3)C(=O)[C@@H]21.S. The number of benzene rings is 1. The fourth-order valence-corrected chi connectivity index (χ4v) is 2.93. The van der Waals surface area contributed by atoms with Crippen LogP contribution in [0.1, 0.15) is 26.8 Å². The summed E-state index contributed by atoms with van der Waals surface area (Å²) in [5.41, 5.74) is 0.898. The lowest BCUT2D eigenvalue weighted by molar-refractivity contribution is -0.143. The van der Waals surface area contributed by atoms with Gasteiger partial charge in [-0.05, 0) is 11.0 Å². The largest absolute Gasteiger partial charge is 0.278 e. The van der Waals surface area contributed by atoms with Gasteiger partial charge in [-0.25, -0.2) is 0 Å². The number of fused-ring (bicyclic) bond motifs is 1. The van der Waals surface area contributed by atoms with E-state index in [1.54, 1.807) is 0 Å². The highest BCUT2D eigenvalue weighted by molar-refractivity contribution is 7.59. The Bertz CT molecular complexity index is 474. The Labute approximate surface area is 121 Å². The molecule has 0 bridgehead atoms. The lowest BCUT2D eigenvalue weighted by Gasteiger charge is -2.20. The second kappa shape index (κ2) is 5.00. The van der Waals surface area contributed by atoms with Crippen LogP contribution >= 0.6 is 13.5 Å². The van der Waals surface area contributed by atoms with Crippen molar-refractivity contribution < 1.29 is 9.59 Å². The summed E-state index contributed by atoms with van der Waals surface area (Å²) in [5, 5.41) is 0. The number of piperidine rings is 1. The van der Waals surface area contributed by atoms with E-state index in [-0.39, 0.29) is 50.0 Å². The van der Waals surface area contributed by atoms with Crippen molar-refractivity contribution in [2.24, 2.45) is 17.3 Å². The minimum Gasteiger partial charge on any atom is -0.278 e. The molecule has 0 unspecified atom stereocenters. The molecule has 2 fully saturated rings. The van der Waals surface area contributed by atoms with Crippen LogP contribution in [0.25, 0.3) is 0 Å². The van der Waals surface area contributed by atoms with Crippen LogP contribution < -0.4 is 0 Å². The van der Waals surface area contributed by atoms with Gasteiger partial charge in [-0.15, -0.1) is 0 Å². The van der Waals surface area contributed by atoms with Crippen molar-refractivity contribution in [3.8, 4) is 0 Å². The van der Waals surface area contributed by atoms with E-state index < -0.39 is 0 Å². The smallest absolute Gasteiger partial charge is 0.233 e. The Hall–Kier alpha value is -1.29. The number of carbonyl (C=O) groups is 2. The molecule has 1 saturated heterocycles. The first-order chi connectivity index (χ1) is 8.03. The van der Waals surface area contributed by atoms with Gasteiger partial charge in [0.25, 0.3) is 0 Å². The van der Waals surface area contributed by atoms with Gasteiger partial charge in [0.2, 0.25) is 11.8 Å². The quantitative estimate of drug-likeness (QED) is 0.780. The molecule has 1 aliphatic carbocycles. The maximum Gasteiger partial charge on any atom is 0.233 e. The highest BCUT2D eigenvalue weighted by Crippen LogP contribution is 2.63. The molecule has 104 valence electrons. The Morgan fingerprint density at radius 1 is 1.05 bits per heavy atom. The second-order valence-electron chi connectivity index (χ2n) is 5.52. The summed E-state index contributed by atoms with van der Waals surface area (Å²) < 4.78 is 0. The summed E-state index contributed by atoms with van der Waals surface area (Å²) in [4.78, 5) is 25.6. The van der Waals surface area contributed by atoms with Crippen molar-refractivity contribution >= 4 is 25.3 Å². The number of hydrogen-bond acceptors (Lipinski definition) is 2. The van der Waals surface area contributed by atoms with Crippen molar-refractivity contribution in [2.45, 2.75) is 27.8 Å². The Morgan fingerprint density at radius 3 is 2.00 bits per heavy atom. The maximum absolute atomic E-state index is 12.1. The molecule has 0 N–H and O–H groups in total. The zero-order valence-electron chi connectivity index (χ0n) is 10.5. The van der Waals surface area contributed by atoms with Gasteiger partial charge < -0.3 is 0 Å². The number of rotatable bonds is 2. The highest BCUT2D eigenvalue weighted by atomic mass is 32.1. The number of imide groups is 1. The van der Waals surface area contributed by atoms with Gasteiger partial charge in [-0.1, -0.05) is 51.6 Å². The minimum absolute atomic E-state index is 0. The van der Waals surface area contributed by atoms with Crippen LogP contribution in [0.5, 0.6) is 0 Å². The van der Waals surface area contributed by atoms with E-state index >= 15 is 0 Å². The molecule has 3 rings (SSSR count). The predicted molar refractivity (Wildman–Crippen MR) is 79.9 cm³/mol. The van der Waals surface area contributed by atoms with Crippen LogP contribution in [0.15, 0.2) is 30.3 Å². The van der Waals surface area contributed by atoms with E-state index in [2.05, 4.69) is 0 Å². The zero-order valence-corrected chi connectivity index (χ0v) is 11.5. The molecular formula is C15H21NO2S. The molecule has 0 radical (unpaired) electrons. The van der Waals surface area contributed by atoms with Crippen molar-refractivity contribution in [3.05, 3.63) is 35.9 Å². The zero-order chi connectivity index (χ0) is 12.2. The third kappa shape index (κ3) is 2.18. The molecule has 4 heteroatoms. The molecule has 1 aromatic rings. The van der Waals surface area contributed by atoms with Crippen LogP contribution in [-0.4, -0.2) is 16.7 Å². The van der Waals surface area contributed by atoms with Crippen molar-refractivity contribution in [3.63, 3.8) is 0 Å². The Kier molecular flexibility index (Phi) is 4.15. The summed E-state index contributed by atoms with van der Waals surface area (Å²) in [6.45, 7) is 4.41.